The topological polar surface area (TPSA) is 108 Å². The molecule has 10 heteroatoms. The lowest BCUT2D eigenvalue weighted by Gasteiger charge is -2.08. The molecule has 1 N–H and O–H groups in total. The Morgan fingerprint density at radius 1 is 1.17 bits per heavy atom. The first kappa shape index (κ1) is 21.7. The summed E-state index contributed by atoms with van der Waals surface area (Å²) in [5.74, 6) is -1.51. The monoisotopic (exact) mass is 408 g/mol. The maximum Gasteiger partial charge on any atom is 0.387 e. The van der Waals surface area contributed by atoms with Crippen LogP contribution in [0.3, 0.4) is 0 Å². The minimum Gasteiger partial charge on any atom is -0.452 e. The Labute approximate surface area is 164 Å². The molecule has 8 nitrogen and oxygen atoms in total. The summed E-state index contributed by atoms with van der Waals surface area (Å²) in [6.45, 7) is -1.78. The zero-order chi connectivity index (χ0) is 21.4. The van der Waals surface area contributed by atoms with Crippen LogP contribution in [0.5, 0.6) is 5.75 Å². The number of nitro groups is 1. The smallest absolute Gasteiger partial charge is 0.387 e. The molecule has 0 aliphatic heterocycles. The van der Waals surface area contributed by atoms with Gasteiger partial charge in [0.2, 0.25) is 0 Å². The highest BCUT2D eigenvalue weighted by atomic mass is 19.3. The van der Waals surface area contributed by atoms with Crippen LogP contribution in [-0.2, 0) is 16.0 Å². The standard InChI is InChI=1S/C19H18F2N2O6/c1-12-3-2-4-15(17(12)23(26)27)18(25)28-11-16(24)22-10-9-13-5-7-14(8-6-13)29-19(20)21/h2-8,19H,9-11H2,1H3,(H,22,24). The molecule has 0 heterocycles. The second-order valence-electron chi connectivity index (χ2n) is 5.93. The fourth-order valence-corrected chi connectivity index (χ4v) is 2.51. The molecule has 2 aromatic carbocycles. The molecule has 0 spiro atoms. The molecule has 0 unspecified atom stereocenters. The van der Waals surface area contributed by atoms with Crippen molar-refractivity contribution in [2.45, 2.75) is 20.0 Å². The molecule has 0 atom stereocenters. The number of hydrogen-bond acceptors (Lipinski definition) is 6. The minimum absolute atomic E-state index is 0.0324. The molecule has 0 bridgehead atoms. The molecule has 154 valence electrons. The number of nitrogens with zero attached hydrogens (tertiary/aromatic N) is 1. The number of carbonyl (C=O) groups is 2. The highest BCUT2D eigenvalue weighted by molar-refractivity contribution is 5.95. The molecule has 0 aromatic heterocycles. The molecule has 0 aliphatic carbocycles. The van der Waals surface area contributed by atoms with Crippen molar-refractivity contribution in [3.05, 3.63) is 69.3 Å². The van der Waals surface area contributed by atoms with Gasteiger partial charge in [0, 0.05) is 12.1 Å². The van der Waals surface area contributed by atoms with Gasteiger partial charge in [-0.1, -0.05) is 24.3 Å². The van der Waals surface area contributed by atoms with E-state index in [9.17, 15) is 28.5 Å². The number of halogens is 2. The van der Waals surface area contributed by atoms with E-state index in [4.69, 9.17) is 4.74 Å². The number of nitro benzene ring substituents is 1. The highest BCUT2D eigenvalue weighted by Gasteiger charge is 2.24. The van der Waals surface area contributed by atoms with E-state index in [1.165, 1.54) is 37.3 Å². The molecule has 2 aromatic rings. The van der Waals surface area contributed by atoms with Crippen molar-refractivity contribution >= 4 is 17.6 Å². The minimum atomic E-state index is -2.90. The number of hydrogen-bond donors (Lipinski definition) is 1. The number of rotatable bonds is 9. The van der Waals surface area contributed by atoms with E-state index < -0.39 is 30.0 Å². The number of benzene rings is 2. The normalized spacial score (nSPS) is 10.5. The van der Waals surface area contributed by atoms with Crippen LogP contribution in [0, 0.1) is 17.0 Å². The Morgan fingerprint density at radius 3 is 2.48 bits per heavy atom. The van der Waals surface area contributed by atoms with Crippen LogP contribution in [0.4, 0.5) is 14.5 Å². The predicted molar refractivity (Wildman–Crippen MR) is 97.9 cm³/mol. The number of alkyl halides is 2. The fourth-order valence-electron chi connectivity index (χ4n) is 2.51. The molecule has 1 amide bonds. The van der Waals surface area contributed by atoms with Crippen LogP contribution >= 0.6 is 0 Å². The van der Waals surface area contributed by atoms with Crippen LogP contribution in [0.15, 0.2) is 42.5 Å². The van der Waals surface area contributed by atoms with E-state index in [0.29, 0.717) is 12.0 Å². The van der Waals surface area contributed by atoms with Gasteiger partial charge >= 0.3 is 12.6 Å². The van der Waals surface area contributed by atoms with Gasteiger partial charge in [0.05, 0.1) is 4.92 Å². The number of carbonyl (C=O) groups excluding carboxylic acids is 2. The van der Waals surface area contributed by atoms with Crippen LogP contribution in [-0.4, -0.2) is 36.6 Å². The third-order valence-corrected chi connectivity index (χ3v) is 3.86. The lowest BCUT2D eigenvalue weighted by Crippen LogP contribution is -2.30. The van der Waals surface area contributed by atoms with Crippen molar-refractivity contribution < 1.29 is 32.8 Å². The summed E-state index contributed by atoms with van der Waals surface area (Å²) in [6.07, 6.45) is 0.415. The van der Waals surface area contributed by atoms with E-state index in [0.717, 1.165) is 5.56 Å². The Kier molecular flexibility index (Phi) is 7.58. The molecular formula is C19H18F2N2O6. The zero-order valence-electron chi connectivity index (χ0n) is 15.4. The number of esters is 1. The van der Waals surface area contributed by atoms with Crippen molar-refractivity contribution in [3.63, 3.8) is 0 Å². The highest BCUT2D eigenvalue weighted by Crippen LogP contribution is 2.23. The summed E-state index contributed by atoms with van der Waals surface area (Å²) in [6, 6.07) is 10.2. The Morgan fingerprint density at radius 2 is 1.86 bits per heavy atom. The van der Waals surface area contributed by atoms with Gasteiger partial charge in [-0.15, -0.1) is 0 Å². The molecule has 0 aliphatic rings. The quantitative estimate of drug-likeness (QED) is 0.388. The summed E-state index contributed by atoms with van der Waals surface area (Å²) in [7, 11) is 0. The zero-order valence-corrected chi connectivity index (χ0v) is 15.4. The lowest BCUT2D eigenvalue weighted by molar-refractivity contribution is -0.385. The summed E-state index contributed by atoms with van der Waals surface area (Å²) in [4.78, 5) is 34.3. The first-order chi connectivity index (χ1) is 13.8. The van der Waals surface area contributed by atoms with Gasteiger partial charge in [-0.2, -0.15) is 8.78 Å². The molecule has 0 saturated heterocycles. The summed E-state index contributed by atoms with van der Waals surface area (Å²) < 4.78 is 33.3. The van der Waals surface area contributed by atoms with Crippen molar-refractivity contribution in [2.24, 2.45) is 0 Å². The van der Waals surface area contributed by atoms with Crippen molar-refractivity contribution in [3.8, 4) is 5.75 Å². The number of amides is 1. The predicted octanol–water partition coefficient (Wildman–Crippen LogP) is 3.02. The lowest BCUT2D eigenvalue weighted by atomic mass is 10.1. The van der Waals surface area contributed by atoms with Crippen molar-refractivity contribution in [1.82, 2.24) is 5.32 Å². The average molecular weight is 408 g/mol. The fraction of sp³-hybridized carbons (Fsp3) is 0.263. The molecule has 0 saturated carbocycles. The van der Waals surface area contributed by atoms with Crippen molar-refractivity contribution in [2.75, 3.05) is 13.2 Å². The SMILES string of the molecule is Cc1cccc(C(=O)OCC(=O)NCCc2ccc(OC(F)F)cc2)c1[N+](=O)[O-]. The van der Waals surface area contributed by atoms with E-state index in [2.05, 4.69) is 10.1 Å². The van der Waals surface area contributed by atoms with Gasteiger partial charge in [-0.05, 0) is 37.1 Å². The molecule has 29 heavy (non-hydrogen) atoms. The average Bonchev–Trinajstić information content (AvgIpc) is 2.66. The second kappa shape index (κ2) is 10.1. The summed E-state index contributed by atoms with van der Waals surface area (Å²) >= 11 is 0. The Balaban J connectivity index is 1.80. The number of ether oxygens (including phenoxy) is 2. The third-order valence-electron chi connectivity index (χ3n) is 3.86. The summed E-state index contributed by atoms with van der Waals surface area (Å²) in [5, 5.41) is 13.6. The number of para-hydroxylation sites is 1. The molecule has 0 radical (unpaired) electrons. The van der Waals surface area contributed by atoms with Gasteiger partial charge in [0.1, 0.15) is 11.3 Å². The van der Waals surface area contributed by atoms with E-state index >= 15 is 0 Å². The van der Waals surface area contributed by atoms with Gasteiger partial charge < -0.3 is 14.8 Å². The van der Waals surface area contributed by atoms with Crippen molar-refractivity contribution in [1.29, 1.82) is 0 Å². The van der Waals surface area contributed by atoms with E-state index in [-0.39, 0.29) is 23.5 Å². The first-order valence-electron chi connectivity index (χ1n) is 8.49. The van der Waals surface area contributed by atoms with Crippen LogP contribution in [0.25, 0.3) is 0 Å². The third kappa shape index (κ3) is 6.52. The Hall–Kier alpha value is -3.56. The van der Waals surface area contributed by atoms with Gasteiger partial charge in [-0.3, -0.25) is 14.9 Å². The largest absolute Gasteiger partial charge is 0.452 e. The van der Waals surface area contributed by atoms with E-state index in [1.807, 2.05) is 0 Å². The van der Waals surface area contributed by atoms with Gasteiger partial charge in [-0.25, -0.2) is 4.79 Å². The Bertz CT molecular complexity index is 887. The van der Waals surface area contributed by atoms with Crippen LogP contribution < -0.4 is 10.1 Å². The second-order valence-corrected chi connectivity index (χ2v) is 5.93. The number of aryl methyl sites for hydroxylation is 1. The van der Waals surface area contributed by atoms with Gasteiger partial charge in [0.25, 0.3) is 11.6 Å². The van der Waals surface area contributed by atoms with Gasteiger partial charge in [0.15, 0.2) is 6.61 Å². The van der Waals surface area contributed by atoms with E-state index in [1.54, 1.807) is 12.1 Å². The maximum atomic E-state index is 12.1. The summed E-state index contributed by atoms with van der Waals surface area (Å²) in [5.41, 5.74) is 0.490. The molecular weight excluding hydrogens is 390 g/mol. The molecule has 2 rings (SSSR count). The number of nitrogens with one attached hydrogen (secondary N) is 1. The van der Waals surface area contributed by atoms with Crippen LogP contribution in [0.1, 0.15) is 21.5 Å². The van der Waals surface area contributed by atoms with Crippen LogP contribution in [0.2, 0.25) is 0 Å². The first-order valence-corrected chi connectivity index (χ1v) is 8.49. The molecule has 0 fully saturated rings. The maximum absolute atomic E-state index is 12.1.